The van der Waals surface area contributed by atoms with Gasteiger partial charge in [-0.2, -0.15) is 0 Å². The van der Waals surface area contributed by atoms with E-state index in [-0.39, 0.29) is 18.2 Å². The zero-order valence-electron chi connectivity index (χ0n) is 20.2. The van der Waals surface area contributed by atoms with Crippen LogP contribution in [-0.4, -0.2) is 39.2 Å². The lowest BCUT2D eigenvalue weighted by molar-refractivity contribution is -0.125. The molecule has 0 bridgehead atoms. The van der Waals surface area contributed by atoms with Crippen molar-refractivity contribution < 1.29 is 28.5 Å². The highest BCUT2D eigenvalue weighted by atomic mass is 16.6. The van der Waals surface area contributed by atoms with Crippen molar-refractivity contribution in [2.75, 3.05) is 37.7 Å². The monoisotopic (exact) mass is 488 g/mol. The maximum atomic E-state index is 13.7. The third-order valence-electron chi connectivity index (χ3n) is 6.55. The number of methoxy groups -OCH3 is 2. The van der Waals surface area contributed by atoms with Crippen LogP contribution >= 0.6 is 0 Å². The predicted octanol–water partition coefficient (Wildman–Crippen LogP) is 4.60. The molecule has 0 radical (unpaired) electrons. The molecule has 0 saturated carbocycles. The zero-order chi connectivity index (χ0) is 25.1. The molecular weight excluding hydrogens is 460 g/mol. The summed E-state index contributed by atoms with van der Waals surface area (Å²) in [7, 11) is 3.20. The number of nitrogens with one attached hydrogen (secondary N) is 1. The zero-order valence-corrected chi connectivity index (χ0v) is 20.2. The number of amides is 2. The van der Waals surface area contributed by atoms with Crippen LogP contribution in [0.25, 0.3) is 0 Å². The van der Waals surface area contributed by atoms with Crippen molar-refractivity contribution in [1.82, 2.24) is 0 Å². The van der Waals surface area contributed by atoms with Crippen molar-refractivity contribution in [1.29, 1.82) is 0 Å². The number of piperidine rings is 1. The molecule has 1 N–H and O–H groups in total. The first-order valence-corrected chi connectivity index (χ1v) is 11.9. The van der Waals surface area contributed by atoms with Crippen molar-refractivity contribution in [3.8, 4) is 23.0 Å². The van der Waals surface area contributed by atoms with Gasteiger partial charge in [0, 0.05) is 23.9 Å². The van der Waals surface area contributed by atoms with Crippen molar-refractivity contribution in [3.05, 3.63) is 72.3 Å². The minimum atomic E-state index is -0.497. The number of nitrogens with zero attached hydrogens (tertiary/aromatic N) is 1. The summed E-state index contributed by atoms with van der Waals surface area (Å²) < 4.78 is 21.8. The van der Waals surface area contributed by atoms with E-state index >= 15 is 0 Å². The lowest BCUT2D eigenvalue weighted by atomic mass is 9.83. The van der Waals surface area contributed by atoms with E-state index in [4.69, 9.17) is 18.9 Å². The first-order chi connectivity index (χ1) is 17.6. The van der Waals surface area contributed by atoms with Crippen molar-refractivity contribution in [2.45, 2.75) is 18.9 Å². The molecule has 2 aliphatic heterocycles. The number of ether oxygens (including phenoxy) is 4. The molecule has 0 unspecified atom stereocenters. The molecule has 0 aromatic heterocycles. The van der Waals surface area contributed by atoms with Gasteiger partial charge in [0.15, 0.2) is 11.5 Å². The van der Waals surface area contributed by atoms with E-state index in [0.717, 1.165) is 5.56 Å². The van der Waals surface area contributed by atoms with Gasteiger partial charge in [-0.3, -0.25) is 9.59 Å². The number of carbonyl (C=O) groups excluding carboxylic acids is 2. The Morgan fingerprint density at radius 3 is 2.19 bits per heavy atom. The molecule has 8 nitrogen and oxygen atoms in total. The number of rotatable bonds is 6. The summed E-state index contributed by atoms with van der Waals surface area (Å²) in [6.07, 6.45) is 0.691. The van der Waals surface area contributed by atoms with Gasteiger partial charge < -0.3 is 29.2 Å². The predicted molar refractivity (Wildman–Crippen MR) is 135 cm³/mol. The van der Waals surface area contributed by atoms with E-state index in [1.54, 1.807) is 37.3 Å². The van der Waals surface area contributed by atoms with Gasteiger partial charge in [-0.25, -0.2) is 0 Å². The molecule has 186 valence electrons. The Hall–Kier alpha value is -4.20. The Morgan fingerprint density at radius 2 is 1.53 bits per heavy atom. The molecule has 1 saturated heterocycles. The van der Waals surface area contributed by atoms with E-state index in [1.807, 2.05) is 48.5 Å². The molecule has 8 heteroatoms. The van der Waals surface area contributed by atoms with E-state index in [1.165, 1.54) is 0 Å². The van der Waals surface area contributed by atoms with Crippen LogP contribution in [0.2, 0.25) is 0 Å². The van der Waals surface area contributed by atoms with Crippen LogP contribution in [0, 0.1) is 5.92 Å². The van der Waals surface area contributed by atoms with Crippen LogP contribution in [0.5, 0.6) is 23.0 Å². The third kappa shape index (κ3) is 4.66. The maximum absolute atomic E-state index is 13.7. The van der Waals surface area contributed by atoms with Crippen LogP contribution in [0.15, 0.2) is 66.7 Å². The number of carbonyl (C=O) groups is 2. The number of hydrogen-bond acceptors (Lipinski definition) is 6. The van der Waals surface area contributed by atoms with E-state index < -0.39 is 12.0 Å². The van der Waals surface area contributed by atoms with E-state index in [0.29, 0.717) is 54.0 Å². The molecule has 2 amide bonds. The van der Waals surface area contributed by atoms with Gasteiger partial charge in [-0.05, 0) is 60.5 Å². The Morgan fingerprint density at radius 1 is 0.889 bits per heavy atom. The molecule has 2 aliphatic rings. The van der Waals surface area contributed by atoms with Crippen LogP contribution in [-0.2, 0) is 9.59 Å². The largest absolute Gasteiger partial charge is 0.497 e. The SMILES string of the molecule is COc1ccc([C@H]2[C@@H](C(=O)Nc3ccc4c(c3)OCCO4)CCC(=O)N2c2ccc(OC)cc2)cc1. The number of benzene rings is 3. The number of fused-ring (bicyclic) bond motifs is 1. The highest BCUT2D eigenvalue weighted by Gasteiger charge is 2.41. The topological polar surface area (TPSA) is 86.3 Å². The van der Waals surface area contributed by atoms with Crippen LogP contribution in [0.1, 0.15) is 24.4 Å². The van der Waals surface area contributed by atoms with Gasteiger partial charge in [-0.1, -0.05) is 12.1 Å². The molecule has 3 aromatic rings. The van der Waals surface area contributed by atoms with Crippen molar-refractivity contribution in [3.63, 3.8) is 0 Å². The summed E-state index contributed by atoms with van der Waals surface area (Å²) >= 11 is 0. The quantitative estimate of drug-likeness (QED) is 0.546. The highest BCUT2D eigenvalue weighted by molar-refractivity contribution is 6.00. The lowest BCUT2D eigenvalue weighted by Gasteiger charge is -2.41. The average Bonchev–Trinajstić information content (AvgIpc) is 2.93. The number of hydrogen-bond donors (Lipinski definition) is 1. The minimum Gasteiger partial charge on any atom is -0.497 e. The molecule has 3 aromatic carbocycles. The molecule has 2 heterocycles. The normalized spacial score (nSPS) is 18.9. The number of anilines is 2. The van der Waals surface area contributed by atoms with Gasteiger partial charge in [-0.15, -0.1) is 0 Å². The summed E-state index contributed by atoms with van der Waals surface area (Å²) in [6.45, 7) is 0.963. The van der Waals surface area contributed by atoms with E-state index in [2.05, 4.69) is 5.32 Å². The van der Waals surface area contributed by atoms with Gasteiger partial charge in [0.05, 0.1) is 26.2 Å². The van der Waals surface area contributed by atoms with Crippen LogP contribution < -0.4 is 29.2 Å². The summed E-state index contributed by atoms with van der Waals surface area (Å²) in [5, 5.41) is 3.03. The summed E-state index contributed by atoms with van der Waals surface area (Å²) in [5.41, 5.74) is 2.17. The molecule has 1 fully saturated rings. The molecular formula is C28H28N2O6. The highest BCUT2D eigenvalue weighted by Crippen LogP contribution is 2.41. The summed E-state index contributed by atoms with van der Waals surface area (Å²) in [6, 6.07) is 19.7. The Labute approximate surface area is 209 Å². The summed E-state index contributed by atoms with van der Waals surface area (Å²) in [5.74, 6) is 1.97. The average molecular weight is 489 g/mol. The minimum absolute atomic E-state index is 0.0376. The Bertz CT molecular complexity index is 1240. The van der Waals surface area contributed by atoms with Gasteiger partial charge >= 0.3 is 0 Å². The Kier molecular flexibility index (Phi) is 6.66. The molecule has 2 atom stereocenters. The first-order valence-electron chi connectivity index (χ1n) is 11.9. The maximum Gasteiger partial charge on any atom is 0.229 e. The second-order valence-corrected chi connectivity index (χ2v) is 8.67. The molecule has 36 heavy (non-hydrogen) atoms. The summed E-state index contributed by atoms with van der Waals surface area (Å²) in [4.78, 5) is 28.6. The van der Waals surface area contributed by atoms with Gasteiger partial charge in [0.1, 0.15) is 24.7 Å². The van der Waals surface area contributed by atoms with Crippen LogP contribution in [0.3, 0.4) is 0 Å². The van der Waals surface area contributed by atoms with Crippen molar-refractivity contribution >= 4 is 23.2 Å². The molecule has 0 aliphatic carbocycles. The molecule has 0 spiro atoms. The fourth-order valence-electron chi connectivity index (χ4n) is 4.75. The van der Waals surface area contributed by atoms with E-state index in [9.17, 15) is 9.59 Å². The smallest absolute Gasteiger partial charge is 0.229 e. The van der Waals surface area contributed by atoms with Gasteiger partial charge in [0.25, 0.3) is 0 Å². The third-order valence-corrected chi connectivity index (χ3v) is 6.55. The van der Waals surface area contributed by atoms with Gasteiger partial charge in [0.2, 0.25) is 11.8 Å². The van der Waals surface area contributed by atoms with Crippen LogP contribution in [0.4, 0.5) is 11.4 Å². The first kappa shape index (κ1) is 23.5. The molecule has 5 rings (SSSR count). The van der Waals surface area contributed by atoms with Crippen molar-refractivity contribution in [2.24, 2.45) is 5.92 Å². The Balaban J connectivity index is 1.49. The standard InChI is InChI=1S/C28H28N2O6/c1-33-21-8-3-18(4-9-21)27-23(12-14-26(31)30(27)20-6-10-22(34-2)11-7-20)28(32)29-19-5-13-24-25(17-19)36-16-15-35-24/h3-11,13,17,23,27H,12,14-16H2,1-2H3,(H,29,32)/t23-,27-/m0/s1. The second kappa shape index (κ2) is 10.2. The fourth-order valence-corrected chi connectivity index (χ4v) is 4.75. The fraction of sp³-hybridized carbons (Fsp3) is 0.286. The lowest BCUT2D eigenvalue weighted by Crippen LogP contribution is -2.47. The second-order valence-electron chi connectivity index (χ2n) is 8.67.